The number of benzene rings is 1. The molecule has 1 atom stereocenters. The lowest BCUT2D eigenvalue weighted by Gasteiger charge is -2.24. The quantitative estimate of drug-likeness (QED) is 0.341. The highest BCUT2D eigenvalue weighted by atomic mass is 16.5. The van der Waals surface area contributed by atoms with Crippen LogP contribution >= 0.6 is 0 Å². The highest BCUT2D eigenvalue weighted by Gasteiger charge is 2.30. The van der Waals surface area contributed by atoms with Crippen molar-refractivity contribution >= 4 is 34.3 Å². The number of amides is 3. The highest BCUT2D eigenvalue weighted by molar-refractivity contribution is 6.01. The molecule has 172 valence electrons. The lowest BCUT2D eigenvalue weighted by Crippen LogP contribution is -2.45. The first-order valence-electron chi connectivity index (χ1n) is 10.4. The third-order valence-corrected chi connectivity index (χ3v) is 5.01. The van der Waals surface area contributed by atoms with Crippen LogP contribution in [-0.4, -0.2) is 60.2 Å². The number of imide groups is 1. The first kappa shape index (κ1) is 23.5. The number of rotatable bonds is 10. The van der Waals surface area contributed by atoms with Crippen LogP contribution in [0.5, 0.6) is 0 Å². The molecule has 3 amide bonds. The number of fused-ring (bicyclic) bond motifs is 1. The van der Waals surface area contributed by atoms with Crippen molar-refractivity contribution in [1.82, 2.24) is 14.9 Å². The Labute approximate surface area is 184 Å². The highest BCUT2D eigenvalue weighted by Crippen LogP contribution is 2.23. The summed E-state index contributed by atoms with van der Waals surface area (Å²) in [6.45, 7) is 3.51. The van der Waals surface area contributed by atoms with Gasteiger partial charge in [-0.15, -0.1) is 0 Å². The summed E-state index contributed by atoms with van der Waals surface area (Å²) < 4.78 is 11.8. The van der Waals surface area contributed by atoms with Gasteiger partial charge in [0.15, 0.2) is 0 Å². The number of ether oxygens (including phenoxy) is 2. The van der Waals surface area contributed by atoms with E-state index < -0.39 is 17.5 Å². The molecular weight excluding hydrogens is 418 g/mol. The minimum absolute atomic E-state index is 0.125. The molecule has 1 aromatic heterocycles. The molecule has 0 bridgehead atoms. The molecule has 0 aliphatic carbocycles. The predicted octanol–water partition coefficient (Wildman–Crippen LogP) is 0.00312. The molecule has 1 aliphatic rings. The Morgan fingerprint density at radius 2 is 1.97 bits per heavy atom. The van der Waals surface area contributed by atoms with Crippen molar-refractivity contribution in [3.8, 4) is 0 Å². The molecular formula is C21H27N5O6. The van der Waals surface area contributed by atoms with E-state index in [0.29, 0.717) is 43.4 Å². The average molecular weight is 445 g/mol. The Morgan fingerprint density at radius 3 is 2.69 bits per heavy atom. The van der Waals surface area contributed by atoms with Crippen molar-refractivity contribution in [3.05, 3.63) is 34.4 Å². The molecule has 1 aliphatic heterocycles. The summed E-state index contributed by atoms with van der Waals surface area (Å²) in [5.41, 5.74) is 5.65. The standard InChI is InChI=1S/C21H27N5O6/c1-13-23-19-14(21(30)26(13)16-5-6-17(27)25-20(16)29)3-2-4-15(19)24-18(28)7-9-31-11-12-32-10-8-22/h2-4,16H,5-12,22H2,1H3,(H,24,28)(H,25,27,29). The van der Waals surface area contributed by atoms with E-state index in [9.17, 15) is 19.2 Å². The van der Waals surface area contributed by atoms with E-state index in [1.807, 2.05) is 0 Å². The van der Waals surface area contributed by atoms with Crippen LogP contribution in [0.1, 0.15) is 31.1 Å². The Bertz CT molecular complexity index is 1070. The van der Waals surface area contributed by atoms with Crippen molar-refractivity contribution in [3.63, 3.8) is 0 Å². The van der Waals surface area contributed by atoms with Gasteiger partial charge >= 0.3 is 0 Å². The lowest BCUT2D eigenvalue weighted by atomic mass is 10.1. The molecule has 0 saturated carbocycles. The summed E-state index contributed by atoms with van der Waals surface area (Å²) in [6, 6.07) is 4.08. The van der Waals surface area contributed by atoms with Crippen molar-refractivity contribution in [2.24, 2.45) is 5.73 Å². The Hall–Kier alpha value is -3.15. The van der Waals surface area contributed by atoms with Crippen LogP contribution in [0.15, 0.2) is 23.0 Å². The van der Waals surface area contributed by atoms with E-state index in [-0.39, 0.29) is 43.1 Å². The number of nitrogens with zero attached hydrogens (tertiary/aromatic N) is 2. The van der Waals surface area contributed by atoms with Crippen LogP contribution in [0.2, 0.25) is 0 Å². The molecule has 1 unspecified atom stereocenters. The number of carbonyl (C=O) groups is 3. The van der Waals surface area contributed by atoms with Crippen LogP contribution in [0.3, 0.4) is 0 Å². The molecule has 2 aromatic rings. The number of hydrogen-bond acceptors (Lipinski definition) is 8. The number of nitrogens with two attached hydrogens (primary N) is 1. The van der Waals surface area contributed by atoms with Gasteiger partial charge in [-0.3, -0.25) is 29.1 Å². The third kappa shape index (κ3) is 5.55. The Kier molecular flexibility index (Phi) is 8.03. The van der Waals surface area contributed by atoms with Gasteiger partial charge in [-0.2, -0.15) is 0 Å². The summed E-state index contributed by atoms with van der Waals surface area (Å²) in [5, 5.41) is 5.29. The van der Waals surface area contributed by atoms with E-state index in [0.717, 1.165) is 0 Å². The molecule has 11 nitrogen and oxygen atoms in total. The summed E-state index contributed by atoms with van der Waals surface area (Å²) in [7, 11) is 0. The van der Waals surface area contributed by atoms with Crippen molar-refractivity contribution in [2.45, 2.75) is 32.2 Å². The maximum Gasteiger partial charge on any atom is 0.262 e. The lowest BCUT2D eigenvalue weighted by molar-refractivity contribution is -0.135. The van der Waals surface area contributed by atoms with Gasteiger partial charge in [-0.1, -0.05) is 6.07 Å². The van der Waals surface area contributed by atoms with Gasteiger partial charge in [0.2, 0.25) is 17.7 Å². The van der Waals surface area contributed by atoms with Crippen LogP contribution in [0.4, 0.5) is 5.69 Å². The molecule has 11 heteroatoms. The second-order valence-corrected chi connectivity index (χ2v) is 7.31. The predicted molar refractivity (Wildman–Crippen MR) is 116 cm³/mol. The number of nitrogens with one attached hydrogen (secondary N) is 2. The molecule has 1 fully saturated rings. The summed E-state index contributed by atoms with van der Waals surface area (Å²) in [6.07, 6.45) is 0.503. The fourth-order valence-corrected chi connectivity index (χ4v) is 3.51. The fourth-order valence-electron chi connectivity index (χ4n) is 3.51. The minimum atomic E-state index is -0.804. The van der Waals surface area contributed by atoms with Gasteiger partial charge in [0.25, 0.3) is 5.56 Å². The summed E-state index contributed by atoms with van der Waals surface area (Å²) >= 11 is 0. The molecule has 1 saturated heterocycles. The van der Waals surface area contributed by atoms with Gasteiger partial charge in [0, 0.05) is 13.0 Å². The summed E-state index contributed by atoms with van der Waals surface area (Å²) in [5.74, 6) is -0.845. The smallest absolute Gasteiger partial charge is 0.262 e. The molecule has 1 aromatic carbocycles. The Morgan fingerprint density at radius 1 is 1.22 bits per heavy atom. The molecule has 0 radical (unpaired) electrons. The van der Waals surface area contributed by atoms with Crippen molar-refractivity contribution < 1.29 is 23.9 Å². The number of para-hydroxylation sites is 1. The normalized spacial score (nSPS) is 16.2. The number of aromatic nitrogens is 2. The van der Waals surface area contributed by atoms with Crippen LogP contribution in [0.25, 0.3) is 10.9 Å². The average Bonchev–Trinajstić information content (AvgIpc) is 2.75. The molecule has 0 spiro atoms. The second-order valence-electron chi connectivity index (χ2n) is 7.31. The first-order valence-corrected chi connectivity index (χ1v) is 10.4. The molecule has 3 rings (SSSR count). The first-order chi connectivity index (χ1) is 15.4. The van der Waals surface area contributed by atoms with Gasteiger partial charge in [0.1, 0.15) is 17.4 Å². The van der Waals surface area contributed by atoms with E-state index >= 15 is 0 Å². The SMILES string of the molecule is Cc1nc2c(NC(=O)CCOCCOCCN)cccc2c(=O)n1C1CCC(=O)NC1=O. The van der Waals surface area contributed by atoms with Crippen LogP contribution < -0.4 is 21.9 Å². The van der Waals surface area contributed by atoms with Crippen LogP contribution in [0, 0.1) is 6.92 Å². The zero-order chi connectivity index (χ0) is 23.1. The Balaban J connectivity index is 1.72. The third-order valence-electron chi connectivity index (χ3n) is 5.01. The number of carbonyl (C=O) groups excluding carboxylic acids is 3. The van der Waals surface area contributed by atoms with E-state index in [2.05, 4.69) is 15.6 Å². The number of aryl methyl sites for hydroxylation is 1. The van der Waals surface area contributed by atoms with E-state index in [1.54, 1.807) is 25.1 Å². The van der Waals surface area contributed by atoms with Gasteiger partial charge in [-0.25, -0.2) is 4.98 Å². The zero-order valence-corrected chi connectivity index (χ0v) is 17.9. The van der Waals surface area contributed by atoms with Crippen LogP contribution in [-0.2, 0) is 23.9 Å². The van der Waals surface area contributed by atoms with Gasteiger partial charge < -0.3 is 20.5 Å². The van der Waals surface area contributed by atoms with Gasteiger partial charge in [0.05, 0.1) is 43.9 Å². The maximum absolute atomic E-state index is 13.1. The van der Waals surface area contributed by atoms with E-state index in [4.69, 9.17) is 15.2 Å². The van der Waals surface area contributed by atoms with E-state index in [1.165, 1.54) is 4.57 Å². The van der Waals surface area contributed by atoms with Gasteiger partial charge in [-0.05, 0) is 25.5 Å². The molecule has 4 N–H and O–H groups in total. The zero-order valence-electron chi connectivity index (χ0n) is 17.9. The maximum atomic E-state index is 13.1. The number of hydrogen-bond donors (Lipinski definition) is 3. The van der Waals surface area contributed by atoms with Crippen molar-refractivity contribution in [2.75, 3.05) is 38.3 Å². The summed E-state index contributed by atoms with van der Waals surface area (Å²) in [4.78, 5) is 53.6. The largest absolute Gasteiger partial charge is 0.379 e. The number of piperidine rings is 1. The number of anilines is 1. The fraction of sp³-hybridized carbons (Fsp3) is 0.476. The van der Waals surface area contributed by atoms with Crippen molar-refractivity contribution in [1.29, 1.82) is 0 Å². The topological polar surface area (TPSA) is 155 Å². The minimum Gasteiger partial charge on any atom is -0.379 e. The molecule has 2 heterocycles. The molecule has 32 heavy (non-hydrogen) atoms. The second kappa shape index (κ2) is 10.9. The monoisotopic (exact) mass is 445 g/mol.